The first-order valence-electron chi connectivity index (χ1n) is 5.12. The Morgan fingerprint density at radius 2 is 1.32 bits per heavy atom. The summed E-state index contributed by atoms with van der Waals surface area (Å²) in [4.78, 5) is 0. The van der Waals surface area contributed by atoms with Gasteiger partial charge >= 0.3 is 12.4 Å². The molecule has 0 aliphatic rings. The predicted octanol–water partition coefficient (Wildman–Crippen LogP) is 4.51. The number of halogens is 6. The van der Waals surface area contributed by atoms with Crippen LogP contribution in [0, 0.1) is 0 Å². The maximum absolute atomic E-state index is 12.9. The monoisotopic (exact) mass is 279 g/mol. The zero-order valence-corrected chi connectivity index (χ0v) is 9.26. The lowest BCUT2D eigenvalue weighted by atomic mass is 10.0. The predicted molar refractivity (Wildman–Crippen MR) is 55.8 cm³/mol. The number of nitrogens with zero attached hydrogens (tertiary/aromatic N) is 1. The van der Waals surface area contributed by atoms with E-state index in [2.05, 4.69) is 0 Å². The minimum absolute atomic E-state index is 0.426. The molecule has 2 aromatic rings. The van der Waals surface area contributed by atoms with E-state index in [-0.39, 0.29) is 0 Å². The molecule has 1 aromatic carbocycles. The maximum Gasteiger partial charge on any atom is 0.419 e. The SMILES string of the molecule is FC(F)(F)c1cccc(-n2cccc2)c1C(F)(F)F. The molecular weight excluding hydrogens is 272 g/mol. The molecule has 0 N–H and O–H groups in total. The largest absolute Gasteiger partial charge is 0.419 e. The number of rotatable bonds is 1. The van der Waals surface area contributed by atoms with E-state index in [0.717, 1.165) is 16.7 Å². The minimum Gasteiger partial charge on any atom is -0.323 e. The van der Waals surface area contributed by atoms with Gasteiger partial charge in [0.2, 0.25) is 0 Å². The fraction of sp³-hybridized carbons (Fsp3) is 0.167. The lowest BCUT2D eigenvalue weighted by Gasteiger charge is -2.19. The topological polar surface area (TPSA) is 4.93 Å². The third-order valence-corrected chi connectivity index (χ3v) is 2.51. The molecule has 102 valence electrons. The van der Waals surface area contributed by atoms with Gasteiger partial charge in [-0.2, -0.15) is 26.3 Å². The van der Waals surface area contributed by atoms with Crippen LogP contribution in [0.1, 0.15) is 11.1 Å². The molecule has 7 heteroatoms. The summed E-state index contributed by atoms with van der Waals surface area (Å²) in [6, 6.07) is 5.24. The smallest absolute Gasteiger partial charge is 0.323 e. The minimum atomic E-state index is -5.09. The van der Waals surface area contributed by atoms with Crippen LogP contribution in [-0.4, -0.2) is 4.57 Å². The highest BCUT2D eigenvalue weighted by Gasteiger charge is 2.45. The summed E-state index contributed by atoms with van der Waals surface area (Å²) in [5.74, 6) is 0. The summed E-state index contributed by atoms with van der Waals surface area (Å²) >= 11 is 0. The first-order chi connectivity index (χ1) is 8.71. The van der Waals surface area contributed by atoms with E-state index >= 15 is 0 Å². The Morgan fingerprint density at radius 3 is 1.79 bits per heavy atom. The number of hydrogen-bond acceptors (Lipinski definition) is 0. The second-order valence-electron chi connectivity index (χ2n) is 3.79. The molecule has 1 heterocycles. The van der Waals surface area contributed by atoms with Crippen LogP contribution in [0.15, 0.2) is 42.7 Å². The van der Waals surface area contributed by atoms with Crippen molar-refractivity contribution in [2.75, 3.05) is 0 Å². The molecule has 0 atom stereocenters. The van der Waals surface area contributed by atoms with E-state index in [9.17, 15) is 26.3 Å². The van der Waals surface area contributed by atoms with Crippen LogP contribution in [-0.2, 0) is 12.4 Å². The van der Waals surface area contributed by atoms with Gasteiger partial charge in [-0.05, 0) is 24.3 Å². The molecule has 0 saturated carbocycles. The zero-order chi connectivity index (χ0) is 14.3. The van der Waals surface area contributed by atoms with Crippen molar-refractivity contribution in [1.29, 1.82) is 0 Å². The van der Waals surface area contributed by atoms with Crippen LogP contribution in [0.4, 0.5) is 26.3 Å². The number of alkyl halides is 6. The molecule has 0 saturated heterocycles. The van der Waals surface area contributed by atoms with Crippen molar-refractivity contribution < 1.29 is 26.3 Å². The Balaban J connectivity index is 2.76. The van der Waals surface area contributed by atoms with Crippen LogP contribution in [0.5, 0.6) is 0 Å². The zero-order valence-electron chi connectivity index (χ0n) is 9.26. The maximum atomic E-state index is 12.9. The van der Waals surface area contributed by atoms with Gasteiger partial charge in [0.25, 0.3) is 0 Å². The van der Waals surface area contributed by atoms with Gasteiger partial charge in [-0.3, -0.25) is 0 Å². The normalized spacial score (nSPS) is 12.7. The van der Waals surface area contributed by atoms with Gasteiger partial charge in [-0.1, -0.05) is 6.07 Å². The highest BCUT2D eigenvalue weighted by molar-refractivity contribution is 5.49. The standard InChI is InChI=1S/C12H7F6N/c13-11(14,15)8-4-3-5-9(10(8)12(16,17)18)19-6-1-2-7-19/h1-7H. The van der Waals surface area contributed by atoms with Crippen LogP contribution in [0.2, 0.25) is 0 Å². The summed E-state index contributed by atoms with van der Waals surface area (Å²) in [5, 5.41) is 0. The van der Waals surface area contributed by atoms with E-state index in [4.69, 9.17) is 0 Å². The van der Waals surface area contributed by atoms with Crippen molar-refractivity contribution >= 4 is 0 Å². The van der Waals surface area contributed by atoms with E-state index in [0.29, 0.717) is 6.07 Å². The summed E-state index contributed by atoms with van der Waals surface area (Å²) in [6.45, 7) is 0. The van der Waals surface area contributed by atoms with Gasteiger partial charge in [-0.25, -0.2) is 0 Å². The quantitative estimate of drug-likeness (QED) is 0.677. The van der Waals surface area contributed by atoms with Gasteiger partial charge in [0.1, 0.15) is 0 Å². The van der Waals surface area contributed by atoms with Crippen molar-refractivity contribution in [2.24, 2.45) is 0 Å². The Hall–Kier alpha value is -1.92. The highest BCUT2D eigenvalue weighted by atomic mass is 19.4. The second-order valence-corrected chi connectivity index (χ2v) is 3.79. The van der Waals surface area contributed by atoms with E-state index in [1.807, 2.05) is 0 Å². The van der Waals surface area contributed by atoms with Crippen molar-refractivity contribution in [3.63, 3.8) is 0 Å². The fourth-order valence-electron chi connectivity index (χ4n) is 1.78. The Morgan fingerprint density at radius 1 is 0.737 bits per heavy atom. The molecule has 2 rings (SSSR count). The second kappa shape index (κ2) is 4.32. The molecule has 0 fully saturated rings. The molecule has 0 aliphatic heterocycles. The molecule has 0 spiro atoms. The number of benzene rings is 1. The van der Waals surface area contributed by atoms with Crippen LogP contribution < -0.4 is 0 Å². The number of hydrogen-bond donors (Lipinski definition) is 0. The van der Waals surface area contributed by atoms with E-state index in [1.54, 1.807) is 0 Å². The Labute approximate surface area is 104 Å². The Kier molecular flexibility index (Phi) is 3.07. The summed E-state index contributed by atoms with van der Waals surface area (Å²) in [6.07, 6.45) is -7.64. The molecule has 1 nitrogen and oxygen atoms in total. The summed E-state index contributed by atoms with van der Waals surface area (Å²) in [7, 11) is 0. The van der Waals surface area contributed by atoms with Crippen LogP contribution >= 0.6 is 0 Å². The van der Waals surface area contributed by atoms with Crippen molar-refractivity contribution in [3.05, 3.63) is 53.9 Å². The van der Waals surface area contributed by atoms with E-state index in [1.165, 1.54) is 24.5 Å². The van der Waals surface area contributed by atoms with Crippen molar-refractivity contribution in [2.45, 2.75) is 12.4 Å². The van der Waals surface area contributed by atoms with Gasteiger partial charge in [0.15, 0.2) is 0 Å². The summed E-state index contributed by atoms with van der Waals surface area (Å²) in [5.41, 5.74) is -3.92. The van der Waals surface area contributed by atoms with Gasteiger partial charge in [0, 0.05) is 12.4 Å². The molecule has 1 aromatic heterocycles. The molecular formula is C12H7F6N. The third-order valence-electron chi connectivity index (χ3n) is 2.51. The molecule has 19 heavy (non-hydrogen) atoms. The average molecular weight is 279 g/mol. The molecule has 0 radical (unpaired) electrons. The molecule has 0 amide bonds. The van der Waals surface area contributed by atoms with E-state index < -0.39 is 29.2 Å². The lowest BCUT2D eigenvalue weighted by Crippen LogP contribution is -2.19. The summed E-state index contributed by atoms with van der Waals surface area (Å²) < 4.78 is 77.8. The average Bonchev–Trinajstić information content (AvgIpc) is 2.79. The molecule has 0 unspecified atom stereocenters. The fourth-order valence-corrected chi connectivity index (χ4v) is 1.78. The number of aromatic nitrogens is 1. The first-order valence-corrected chi connectivity index (χ1v) is 5.12. The highest BCUT2D eigenvalue weighted by Crippen LogP contribution is 2.43. The molecule has 0 bridgehead atoms. The molecule has 0 aliphatic carbocycles. The van der Waals surface area contributed by atoms with Crippen molar-refractivity contribution in [1.82, 2.24) is 4.57 Å². The Bertz CT molecular complexity index is 565. The van der Waals surface area contributed by atoms with Crippen LogP contribution in [0.25, 0.3) is 5.69 Å². The van der Waals surface area contributed by atoms with Crippen LogP contribution in [0.3, 0.4) is 0 Å². The van der Waals surface area contributed by atoms with Gasteiger partial charge in [0.05, 0.1) is 16.8 Å². The third kappa shape index (κ3) is 2.59. The lowest BCUT2D eigenvalue weighted by molar-refractivity contribution is -0.162. The first kappa shape index (κ1) is 13.5. The van der Waals surface area contributed by atoms with Gasteiger partial charge < -0.3 is 4.57 Å². The van der Waals surface area contributed by atoms with Gasteiger partial charge in [-0.15, -0.1) is 0 Å². The van der Waals surface area contributed by atoms with Crippen molar-refractivity contribution in [3.8, 4) is 5.69 Å².